The van der Waals surface area contributed by atoms with E-state index in [4.69, 9.17) is 10.5 Å². The summed E-state index contributed by atoms with van der Waals surface area (Å²) >= 11 is 0. The maximum Gasteiger partial charge on any atom is 0.218 e. The van der Waals surface area contributed by atoms with Crippen LogP contribution in [0.25, 0.3) is 0 Å². The Kier molecular flexibility index (Phi) is 3.78. The van der Waals surface area contributed by atoms with Gasteiger partial charge in [-0.25, -0.2) is 4.98 Å². The average molecular weight is 236 g/mol. The number of piperidine rings is 1. The first-order valence-corrected chi connectivity index (χ1v) is 6.18. The van der Waals surface area contributed by atoms with Crippen molar-refractivity contribution < 1.29 is 4.74 Å². The lowest BCUT2D eigenvalue weighted by molar-refractivity contribution is 0.325. The lowest BCUT2D eigenvalue weighted by Gasteiger charge is -2.31. The first kappa shape index (κ1) is 12.1. The van der Waals surface area contributed by atoms with Crippen molar-refractivity contribution in [1.29, 1.82) is 0 Å². The van der Waals surface area contributed by atoms with Crippen LogP contribution in [0.3, 0.4) is 0 Å². The number of ether oxygens (including phenoxy) is 1. The summed E-state index contributed by atoms with van der Waals surface area (Å²) in [6.45, 7) is 6.33. The zero-order chi connectivity index (χ0) is 12.3. The highest BCUT2D eigenvalue weighted by molar-refractivity contribution is 5.42. The summed E-state index contributed by atoms with van der Waals surface area (Å²) in [6, 6.07) is 2.14. The van der Waals surface area contributed by atoms with Gasteiger partial charge in [-0.2, -0.15) is 4.98 Å². The molecule has 0 spiro atoms. The zero-order valence-electron chi connectivity index (χ0n) is 10.5. The van der Waals surface area contributed by atoms with Gasteiger partial charge >= 0.3 is 0 Å². The van der Waals surface area contributed by atoms with Crippen LogP contribution in [-0.4, -0.2) is 35.7 Å². The number of anilines is 1. The molecule has 1 aromatic heterocycles. The molecule has 1 fully saturated rings. The van der Waals surface area contributed by atoms with Crippen molar-refractivity contribution in [3.63, 3.8) is 0 Å². The summed E-state index contributed by atoms with van der Waals surface area (Å²) in [5.74, 6) is 2.32. The Bertz CT molecular complexity index is 383. The fraction of sp³-hybridized carbons (Fsp3) is 0.667. The largest absolute Gasteiger partial charge is 0.478 e. The summed E-state index contributed by atoms with van der Waals surface area (Å²) in [6.07, 6.45) is 2.22. The molecule has 1 atom stereocenters. The van der Waals surface area contributed by atoms with Crippen LogP contribution in [0, 0.1) is 6.92 Å². The molecular formula is C12H20N4O. The van der Waals surface area contributed by atoms with Gasteiger partial charge in [-0.3, -0.25) is 0 Å². The Balaban J connectivity index is 2.18. The first-order valence-electron chi connectivity index (χ1n) is 6.18. The second-order valence-corrected chi connectivity index (χ2v) is 4.39. The van der Waals surface area contributed by atoms with Crippen molar-refractivity contribution >= 4 is 5.82 Å². The highest BCUT2D eigenvalue weighted by Gasteiger charge is 2.18. The molecule has 17 heavy (non-hydrogen) atoms. The molecule has 5 nitrogen and oxygen atoms in total. The summed E-state index contributed by atoms with van der Waals surface area (Å²) in [5, 5.41) is 0. The van der Waals surface area contributed by atoms with Crippen LogP contribution in [0.15, 0.2) is 6.07 Å². The van der Waals surface area contributed by atoms with Crippen molar-refractivity contribution in [2.24, 2.45) is 5.73 Å². The Morgan fingerprint density at radius 1 is 1.53 bits per heavy atom. The lowest BCUT2D eigenvalue weighted by Crippen LogP contribution is -2.43. The predicted molar refractivity (Wildman–Crippen MR) is 67.4 cm³/mol. The van der Waals surface area contributed by atoms with Gasteiger partial charge in [0.1, 0.15) is 11.6 Å². The van der Waals surface area contributed by atoms with Crippen molar-refractivity contribution in [3.8, 4) is 5.88 Å². The van der Waals surface area contributed by atoms with Crippen LogP contribution in [0.1, 0.15) is 25.6 Å². The summed E-state index contributed by atoms with van der Waals surface area (Å²) in [7, 11) is 0. The Morgan fingerprint density at radius 2 is 2.35 bits per heavy atom. The molecular weight excluding hydrogens is 216 g/mol. The van der Waals surface area contributed by atoms with E-state index < -0.39 is 0 Å². The maximum absolute atomic E-state index is 5.98. The molecule has 0 bridgehead atoms. The Morgan fingerprint density at radius 3 is 3.06 bits per heavy atom. The summed E-state index contributed by atoms with van der Waals surface area (Å²) < 4.78 is 5.44. The van der Waals surface area contributed by atoms with E-state index in [1.54, 1.807) is 0 Å². The van der Waals surface area contributed by atoms with E-state index in [9.17, 15) is 0 Å². The molecule has 1 aliphatic rings. The van der Waals surface area contributed by atoms with Crippen LogP contribution < -0.4 is 15.4 Å². The van der Waals surface area contributed by atoms with Gasteiger partial charge in [0.05, 0.1) is 6.61 Å². The SMILES string of the molecule is CCOc1cc(N2CCCC(N)C2)nc(C)n1. The highest BCUT2D eigenvalue weighted by Crippen LogP contribution is 2.21. The summed E-state index contributed by atoms with van der Waals surface area (Å²) in [5.41, 5.74) is 5.98. The van der Waals surface area contributed by atoms with Crippen molar-refractivity contribution in [3.05, 3.63) is 11.9 Å². The van der Waals surface area contributed by atoms with Gasteiger partial charge in [-0.05, 0) is 26.7 Å². The minimum absolute atomic E-state index is 0.245. The monoisotopic (exact) mass is 236 g/mol. The third-order valence-electron chi connectivity index (χ3n) is 2.87. The average Bonchev–Trinajstić information content (AvgIpc) is 2.28. The number of hydrogen-bond acceptors (Lipinski definition) is 5. The predicted octanol–water partition coefficient (Wildman–Crippen LogP) is 1.11. The molecule has 0 aliphatic carbocycles. The van der Waals surface area contributed by atoms with Gasteiger partial charge in [-0.15, -0.1) is 0 Å². The van der Waals surface area contributed by atoms with Gasteiger partial charge in [0.25, 0.3) is 0 Å². The molecule has 1 aromatic rings. The van der Waals surface area contributed by atoms with Crippen LogP contribution >= 0.6 is 0 Å². The van der Waals surface area contributed by atoms with E-state index in [-0.39, 0.29) is 6.04 Å². The fourth-order valence-electron chi connectivity index (χ4n) is 2.13. The second kappa shape index (κ2) is 5.31. The summed E-state index contributed by atoms with van der Waals surface area (Å²) in [4.78, 5) is 10.9. The number of nitrogens with two attached hydrogens (primary N) is 1. The van der Waals surface area contributed by atoms with Crippen LogP contribution in [-0.2, 0) is 0 Å². The molecule has 1 aliphatic heterocycles. The number of hydrogen-bond donors (Lipinski definition) is 1. The van der Waals surface area contributed by atoms with E-state index >= 15 is 0 Å². The Hall–Kier alpha value is -1.36. The minimum atomic E-state index is 0.245. The van der Waals surface area contributed by atoms with E-state index in [1.807, 2.05) is 19.9 Å². The minimum Gasteiger partial charge on any atom is -0.478 e. The van der Waals surface area contributed by atoms with Crippen LogP contribution in [0.4, 0.5) is 5.82 Å². The van der Waals surface area contributed by atoms with Gasteiger partial charge < -0.3 is 15.4 Å². The van der Waals surface area contributed by atoms with Crippen molar-refractivity contribution in [1.82, 2.24) is 9.97 Å². The Labute approximate surface area is 102 Å². The zero-order valence-corrected chi connectivity index (χ0v) is 10.5. The van der Waals surface area contributed by atoms with Gasteiger partial charge in [0, 0.05) is 25.2 Å². The van der Waals surface area contributed by atoms with Crippen molar-refractivity contribution in [2.75, 3.05) is 24.6 Å². The lowest BCUT2D eigenvalue weighted by atomic mass is 10.1. The fourth-order valence-corrected chi connectivity index (χ4v) is 2.13. The van der Waals surface area contributed by atoms with Crippen LogP contribution in [0.5, 0.6) is 5.88 Å². The first-order chi connectivity index (χ1) is 8.19. The van der Waals surface area contributed by atoms with Crippen LogP contribution in [0.2, 0.25) is 0 Å². The molecule has 2 rings (SSSR count). The molecule has 5 heteroatoms. The number of aromatic nitrogens is 2. The molecule has 0 saturated carbocycles. The van der Waals surface area contributed by atoms with Crippen molar-refractivity contribution in [2.45, 2.75) is 32.7 Å². The van der Waals surface area contributed by atoms with E-state index in [0.29, 0.717) is 12.5 Å². The molecule has 2 heterocycles. The quantitative estimate of drug-likeness (QED) is 0.851. The molecule has 2 N–H and O–H groups in total. The molecule has 94 valence electrons. The number of rotatable bonds is 3. The van der Waals surface area contributed by atoms with Gasteiger partial charge in [0.2, 0.25) is 5.88 Å². The van der Waals surface area contributed by atoms with Gasteiger partial charge in [-0.1, -0.05) is 0 Å². The van der Waals surface area contributed by atoms with Gasteiger partial charge in [0.15, 0.2) is 0 Å². The molecule has 0 radical (unpaired) electrons. The third kappa shape index (κ3) is 3.06. The molecule has 0 amide bonds. The standard InChI is InChI=1S/C12H20N4O/c1-3-17-12-7-11(14-9(2)15-12)16-6-4-5-10(13)8-16/h7,10H,3-6,8,13H2,1-2H3. The molecule has 0 aromatic carbocycles. The molecule has 1 unspecified atom stereocenters. The molecule has 1 saturated heterocycles. The second-order valence-electron chi connectivity index (χ2n) is 4.39. The van der Waals surface area contributed by atoms with E-state index in [1.165, 1.54) is 0 Å². The normalized spacial score (nSPS) is 20.4. The third-order valence-corrected chi connectivity index (χ3v) is 2.87. The number of aryl methyl sites for hydroxylation is 1. The smallest absolute Gasteiger partial charge is 0.218 e. The maximum atomic E-state index is 5.98. The van der Waals surface area contributed by atoms with E-state index in [2.05, 4.69) is 14.9 Å². The highest BCUT2D eigenvalue weighted by atomic mass is 16.5. The number of nitrogens with zero attached hydrogens (tertiary/aromatic N) is 3. The topological polar surface area (TPSA) is 64.3 Å². The van der Waals surface area contributed by atoms with E-state index in [0.717, 1.165) is 37.6 Å².